The molecule has 1 N–H and O–H groups in total. The van der Waals surface area contributed by atoms with Gasteiger partial charge in [-0.05, 0) is 37.8 Å². The summed E-state index contributed by atoms with van der Waals surface area (Å²) < 4.78 is 5.42. The van der Waals surface area contributed by atoms with E-state index in [1.165, 1.54) is 11.3 Å². The second-order valence-electron chi connectivity index (χ2n) is 6.62. The van der Waals surface area contributed by atoms with Crippen LogP contribution in [-0.2, 0) is 4.74 Å². The zero-order chi connectivity index (χ0) is 17.9. The first-order valence-electron chi connectivity index (χ1n) is 8.87. The second-order valence-corrected chi connectivity index (χ2v) is 7.51. The van der Waals surface area contributed by atoms with E-state index in [9.17, 15) is 4.79 Å². The van der Waals surface area contributed by atoms with Crippen LogP contribution in [0.25, 0.3) is 21.5 Å². The lowest BCUT2D eigenvalue weighted by Gasteiger charge is -2.28. The Kier molecular flexibility index (Phi) is 4.95. The van der Waals surface area contributed by atoms with Gasteiger partial charge in [0.25, 0.3) is 5.91 Å². The molecule has 2 aromatic heterocycles. The van der Waals surface area contributed by atoms with Crippen LogP contribution in [0.4, 0.5) is 0 Å². The Hall–Kier alpha value is -2.31. The summed E-state index contributed by atoms with van der Waals surface area (Å²) >= 11 is 1.52. The number of aromatic nitrogens is 2. The molecule has 0 atom stereocenters. The molecule has 1 amide bonds. The lowest BCUT2D eigenvalue weighted by Crippen LogP contribution is -2.39. The minimum atomic E-state index is -0.0322. The van der Waals surface area contributed by atoms with E-state index in [1.807, 2.05) is 30.3 Å². The van der Waals surface area contributed by atoms with Gasteiger partial charge in [-0.25, -0.2) is 4.98 Å². The van der Waals surface area contributed by atoms with Crippen molar-refractivity contribution in [2.45, 2.75) is 37.8 Å². The van der Waals surface area contributed by atoms with Crippen molar-refractivity contribution in [3.8, 4) is 10.6 Å². The fourth-order valence-electron chi connectivity index (χ4n) is 3.54. The maximum absolute atomic E-state index is 13.0. The number of fused-ring (bicyclic) bond motifs is 1. The van der Waals surface area contributed by atoms with E-state index in [0.29, 0.717) is 11.7 Å². The molecule has 134 valence electrons. The highest BCUT2D eigenvalue weighted by atomic mass is 32.1. The Labute approximate surface area is 156 Å². The number of carbonyl (C=O) groups is 1. The molecule has 1 fully saturated rings. The number of carbonyl (C=O) groups excluding carboxylic acids is 1. The highest BCUT2D eigenvalue weighted by Gasteiger charge is 2.23. The minimum Gasteiger partial charge on any atom is -0.381 e. The number of hydrogen-bond donors (Lipinski definition) is 1. The number of amides is 1. The molecule has 3 aromatic rings. The SMILES string of the molecule is CO[C@H]1CC[C@H](NC(=O)c2cc(-c3cncs3)nc3ccccc23)CC1. The van der Waals surface area contributed by atoms with Gasteiger partial charge in [0.1, 0.15) is 0 Å². The molecule has 0 aliphatic heterocycles. The molecule has 26 heavy (non-hydrogen) atoms. The van der Waals surface area contributed by atoms with Crippen LogP contribution in [0.15, 0.2) is 42.0 Å². The highest BCUT2D eigenvalue weighted by molar-refractivity contribution is 7.13. The topological polar surface area (TPSA) is 64.1 Å². The van der Waals surface area contributed by atoms with Gasteiger partial charge in [0.2, 0.25) is 0 Å². The molecule has 0 bridgehead atoms. The highest BCUT2D eigenvalue weighted by Crippen LogP contribution is 2.27. The van der Waals surface area contributed by atoms with E-state index in [4.69, 9.17) is 9.72 Å². The van der Waals surface area contributed by atoms with E-state index in [2.05, 4.69) is 10.3 Å². The Morgan fingerprint density at radius 2 is 2.04 bits per heavy atom. The molecule has 0 saturated heterocycles. The van der Waals surface area contributed by atoms with E-state index in [-0.39, 0.29) is 11.9 Å². The number of ether oxygens (including phenoxy) is 1. The molecule has 0 spiro atoms. The van der Waals surface area contributed by atoms with Crippen LogP contribution in [0.1, 0.15) is 36.0 Å². The van der Waals surface area contributed by atoms with Gasteiger partial charge < -0.3 is 10.1 Å². The molecule has 1 aromatic carbocycles. The largest absolute Gasteiger partial charge is 0.381 e. The smallest absolute Gasteiger partial charge is 0.252 e. The van der Waals surface area contributed by atoms with Crippen molar-refractivity contribution < 1.29 is 9.53 Å². The van der Waals surface area contributed by atoms with Gasteiger partial charge in [-0.1, -0.05) is 18.2 Å². The Balaban J connectivity index is 1.63. The van der Waals surface area contributed by atoms with Crippen molar-refractivity contribution in [1.29, 1.82) is 0 Å². The van der Waals surface area contributed by atoms with Crippen molar-refractivity contribution >= 4 is 28.1 Å². The van der Waals surface area contributed by atoms with E-state index in [1.54, 1.807) is 18.8 Å². The maximum atomic E-state index is 13.0. The third kappa shape index (κ3) is 3.48. The number of para-hydroxylation sites is 1. The molecule has 4 rings (SSSR count). The van der Waals surface area contributed by atoms with Crippen molar-refractivity contribution in [3.63, 3.8) is 0 Å². The number of methoxy groups -OCH3 is 1. The molecule has 1 aliphatic rings. The lowest BCUT2D eigenvalue weighted by molar-refractivity contribution is 0.0599. The number of hydrogen-bond acceptors (Lipinski definition) is 5. The zero-order valence-corrected chi connectivity index (χ0v) is 15.5. The van der Waals surface area contributed by atoms with E-state index >= 15 is 0 Å². The van der Waals surface area contributed by atoms with Crippen LogP contribution in [0, 0.1) is 0 Å². The quantitative estimate of drug-likeness (QED) is 0.756. The van der Waals surface area contributed by atoms with Gasteiger partial charge in [-0.3, -0.25) is 9.78 Å². The first kappa shape index (κ1) is 17.1. The third-order valence-electron chi connectivity index (χ3n) is 4.99. The van der Waals surface area contributed by atoms with Gasteiger partial charge in [0, 0.05) is 24.7 Å². The van der Waals surface area contributed by atoms with Gasteiger partial charge in [0.05, 0.1) is 33.3 Å². The first-order chi connectivity index (χ1) is 12.7. The molecule has 6 heteroatoms. The number of pyridine rings is 1. The number of thiazole rings is 1. The van der Waals surface area contributed by atoms with Crippen LogP contribution >= 0.6 is 11.3 Å². The standard InChI is InChI=1S/C20H21N3O2S/c1-25-14-8-6-13(7-9-14)22-20(24)16-10-18(19-11-21-12-26-19)23-17-5-3-2-4-15(16)17/h2-5,10-14H,6-9H2,1H3,(H,22,24)/t13-,14-. The summed E-state index contributed by atoms with van der Waals surface area (Å²) in [6.07, 6.45) is 6.00. The number of benzene rings is 1. The molecule has 1 aliphatic carbocycles. The van der Waals surface area contributed by atoms with Crippen molar-refractivity contribution in [3.05, 3.63) is 47.6 Å². The average molecular weight is 367 g/mol. The van der Waals surface area contributed by atoms with Crippen LogP contribution in [0.5, 0.6) is 0 Å². The Bertz CT molecular complexity index is 903. The summed E-state index contributed by atoms with van der Waals surface area (Å²) in [4.78, 5) is 22.8. The summed E-state index contributed by atoms with van der Waals surface area (Å²) in [6.45, 7) is 0. The van der Waals surface area contributed by atoms with Crippen LogP contribution in [0.3, 0.4) is 0 Å². The molecule has 1 saturated carbocycles. The summed E-state index contributed by atoms with van der Waals surface area (Å²) in [5.74, 6) is -0.0322. The van der Waals surface area contributed by atoms with Crippen molar-refractivity contribution in [2.75, 3.05) is 7.11 Å². The third-order valence-corrected chi connectivity index (χ3v) is 5.78. The van der Waals surface area contributed by atoms with Gasteiger partial charge in [-0.2, -0.15) is 0 Å². The summed E-state index contributed by atoms with van der Waals surface area (Å²) in [6, 6.07) is 9.87. The Morgan fingerprint density at radius 3 is 2.77 bits per heavy atom. The first-order valence-corrected chi connectivity index (χ1v) is 9.75. The van der Waals surface area contributed by atoms with Gasteiger partial charge >= 0.3 is 0 Å². The van der Waals surface area contributed by atoms with Crippen molar-refractivity contribution in [1.82, 2.24) is 15.3 Å². The molecular formula is C20H21N3O2S. The minimum absolute atomic E-state index is 0.0322. The predicted molar refractivity (Wildman–Crippen MR) is 103 cm³/mol. The van der Waals surface area contributed by atoms with E-state index in [0.717, 1.165) is 47.2 Å². The van der Waals surface area contributed by atoms with Crippen LogP contribution < -0.4 is 5.32 Å². The van der Waals surface area contributed by atoms with Crippen LogP contribution in [-0.4, -0.2) is 35.1 Å². The van der Waals surface area contributed by atoms with Crippen LogP contribution in [0.2, 0.25) is 0 Å². The maximum Gasteiger partial charge on any atom is 0.252 e. The van der Waals surface area contributed by atoms with Crippen molar-refractivity contribution in [2.24, 2.45) is 0 Å². The fourth-order valence-corrected chi connectivity index (χ4v) is 4.12. The molecule has 0 radical (unpaired) electrons. The number of nitrogens with one attached hydrogen (secondary N) is 1. The zero-order valence-electron chi connectivity index (χ0n) is 14.6. The Morgan fingerprint density at radius 1 is 1.23 bits per heavy atom. The number of rotatable bonds is 4. The van der Waals surface area contributed by atoms with E-state index < -0.39 is 0 Å². The second kappa shape index (κ2) is 7.51. The molecule has 2 heterocycles. The fraction of sp³-hybridized carbons (Fsp3) is 0.350. The number of nitrogens with zero attached hydrogens (tertiary/aromatic N) is 2. The summed E-state index contributed by atoms with van der Waals surface area (Å²) in [7, 11) is 1.76. The molecule has 5 nitrogen and oxygen atoms in total. The summed E-state index contributed by atoms with van der Waals surface area (Å²) in [5, 5.41) is 4.09. The predicted octanol–water partition coefficient (Wildman–Crippen LogP) is 4.05. The van der Waals surface area contributed by atoms with Gasteiger partial charge in [0.15, 0.2) is 0 Å². The van der Waals surface area contributed by atoms with Gasteiger partial charge in [-0.15, -0.1) is 11.3 Å². The average Bonchev–Trinajstić information content (AvgIpc) is 3.22. The molecular weight excluding hydrogens is 346 g/mol. The normalized spacial score (nSPS) is 20.2. The summed E-state index contributed by atoms with van der Waals surface area (Å²) in [5.41, 5.74) is 4.07. The monoisotopic (exact) mass is 367 g/mol. The lowest BCUT2D eigenvalue weighted by atomic mass is 9.92. The molecule has 0 unspecified atom stereocenters.